The Balaban J connectivity index is 1.67. The van der Waals surface area contributed by atoms with E-state index < -0.39 is 4.92 Å². The first-order valence-corrected chi connectivity index (χ1v) is 10.7. The lowest BCUT2D eigenvalue weighted by Gasteiger charge is -2.14. The number of oxime groups is 1. The SMILES string of the molecule is CCOc1cc(/C=N\OCc2cccc([N+](=O)[O-])c2)cc(I)c1OCc1ccccc1. The normalized spacial score (nSPS) is 10.8. The second-order valence-electron chi connectivity index (χ2n) is 6.47. The summed E-state index contributed by atoms with van der Waals surface area (Å²) < 4.78 is 12.7. The Hall–Kier alpha value is -3.14. The van der Waals surface area contributed by atoms with Gasteiger partial charge in [0.25, 0.3) is 5.69 Å². The van der Waals surface area contributed by atoms with Gasteiger partial charge in [0.15, 0.2) is 11.5 Å². The lowest BCUT2D eigenvalue weighted by atomic mass is 10.2. The van der Waals surface area contributed by atoms with E-state index in [0.717, 1.165) is 14.7 Å². The smallest absolute Gasteiger partial charge is 0.269 e. The number of hydrogen-bond acceptors (Lipinski definition) is 6. The molecule has 0 heterocycles. The third kappa shape index (κ3) is 6.68. The van der Waals surface area contributed by atoms with E-state index in [9.17, 15) is 10.1 Å². The number of benzene rings is 3. The molecule has 0 N–H and O–H groups in total. The second kappa shape index (κ2) is 11.3. The number of nitro groups is 1. The zero-order valence-electron chi connectivity index (χ0n) is 16.9. The number of rotatable bonds is 10. The fourth-order valence-electron chi connectivity index (χ4n) is 2.76. The van der Waals surface area contributed by atoms with Crippen LogP contribution in [0.5, 0.6) is 11.5 Å². The molecule has 31 heavy (non-hydrogen) atoms. The van der Waals surface area contributed by atoms with Gasteiger partial charge >= 0.3 is 0 Å². The van der Waals surface area contributed by atoms with E-state index in [-0.39, 0.29) is 12.3 Å². The predicted molar refractivity (Wildman–Crippen MR) is 127 cm³/mol. The third-order valence-corrected chi connectivity index (χ3v) is 4.99. The maximum absolute atomic E-state index is 10.9. The molecule has 0 fully saturated rings. The number of nitro benzene ring substituents is 1. The summed E-state index contributed by atoms with van der Waals surface area (Å²) >= 11 is 2.20. The van der Waals surface area contributed by atoms with Gasteiger partial charge in [-0.15, -0.1) is 0 Å². The van der Waals surface area contributed by atoms with E-state index in [0.29, 0.717) is 30.3 Å². The number of halogens is 1. The summed E-state index contributed by atoms with van der Waals surface area (Å²) in [6.45, 7) is 2.99. The molecule has 0 bridgehead atoms. The number of hydrogen-bond donors (Lipinski definition) is 0. The number of ether oxygens (including phenoxy) is 2. The van der Waals surface area contributed by atoms with Crippen LogP contribution < -0.4 is 9.47 Å². The van der Waals surface area contributed by atoms with Crippen molar-refractivity contribution in [3.63, 3.8) is 0 Å². The van der Waals surface area contributed by atoms with Gasteiger partial charge in [0.1, 0.15) is 13.2 Å². The monoisotopic (exact) mass is 532 g/mol. The van der Waals surface area contributed by atoms with Crippen molar-refractivity contribution >= 4 is 34.5 Å². The second-order valence-corrected chi connectivity index (χ2v) is 7.63. The zero-order valence-corrected chi connectivity index (χ0v) is 19.0. The molecule has 0 atom stereocenters. The van der Waals surface area contributed by atoms with Gasteiger partial charge in [0.2, 0.25) is 0 Å². The molecule has 7 nitrogen and oxygen atoms in total. The van der Waals surface area contributed by atoms with Crippen molar-refractivity contribution in [2.45, 2.75) is 20.1 Å². The van der Waals surface area contributed by atoms with Crippen LogP contribution in [0, 0.1) is 13.7 Å². The average molecular weight is 532 g/mol. The molecule has 0 aliphatic rings. The standard InChI is InChI=1S/C23H21IN2O5/c1-2-29-22-13-19(12-21(24)23(22)30-15-17-7-4-3-5-8-17)14-25-31-16-18-9-6-10-20(11-18)26(27)28/h3-14H,2,15-16H2,1H3/b25-14-. The van der Waals surface area contributed by atoms with Crippen LogP contribution >= 0.6 is 22.6 Å². The van der Waals surface area contributed by atoms with Crippen LogP contribution in [0.4, 0.5) is 5.69 Å². The molecule has 8 heteroatoms. The van der Waals surface area contributed by atoms with Crippen LogP contribution in [-0.2, 0) is 18.1 Å². The first-order valence-electron chi connectivity index (χ1n) is 9.58. The molecule has 0 aliphatic carbocycles. The lowest BCUT2D eigenvalue weighted by Crippen LogP contribution is -2.02. The molecule has 0 radical (unpaired) electrons. The molecular formula is C23H21IN2O5. The maximum Gasteiger partial charge on any atom is 0.269 e. The summed E-state index contributed by atoms with van der Waals surface area (Å²) in [6, 6.07) is 19.9. The van der Waals surface area contributed by atoms with Crippen molar-refractivity contribution in [1.29, 1.82) is 0 Å². The zero-order chi connectivity index (χ0) is 22.1. The highest BCUT2D eigenvalue weighted by Gasteiger charge is 2.12. The Morgan fingerprint density at radius 2 is 1.77 bits per heavy atom. The molecule has 0 saturated heterocycles. The predicted octanol–water partition coefficient (Wildman–Crippen LogP) is 5.73. The Kier molecular flexibility index (Phi) is 8.22. The third-order valence-electron chi connectivity index (χ3n) is 4.19. The first kappa shape index (κ1) is 22.5. The Labute approximate surface area is 193 Å². The highest BCUT2D eigenvalue weighted by Crippen LogP contribution is 2.34. The number of non-ortho nitro benzene ring substituents is 1. The summed E-state index contributed by atoms with van der Waals surface area (Å²) in [7, 11) is 0. The van der Waals surface area contributed by atoms with Crippen molar-refractivity contribution in [1.82, 2.24) is 0 Å². The van der Waals surface area contributed by atoms with Gasteiger partial charge in [-0.25, -0.2) is 0 Å². The van der Waals surface area contributed by atoms with Gasteiger partial charge in [0.05, 0.1) is 21.3 Å². The van der Waals surface area contributed by atoms with E-state index in [1.165, 1.54) is 12.1 Å². The van der Waals surface area contributed by atoms with Crippen molar-refractivity contribution in [3.8, 4) is 11.5 Å². The minimum absolute atomic E-state index is 0.0204. The minimum Gasteiger partial charge on any atom is -0.490 e. The van der Waals surface area contributed by atoms with Crippen LogP contribution in [-0.4, -0.2) is 17.7 Å². The lowest BCUT2D eigenvalue weighted by molar-refractivity contribution is -0.384. The maximum atomic E-state index is 10.9. The fourth-order valence-corrected chi connectivity index (χ4v) is 3.55. The van der Waals surface area contributed by atoms with Gasteiger partial charge in [-0.1, -0.05) is 47.6 Å². The Bertz CT molecular complexity index is 1060. The van der Waals surface area contributed by atoms with E-state index in [4.69, 9.17) is 14.3 Å². The molecule has 0 saturated carbocycles. The molecule has 3 aromatic rings. The summed E-state index contributed by atoms with van der Waals surface area (Å²) in [5.74, 6) is 1.31. The molecule has 160 valence electrons. The molecule has 0 amide bonds. The highest BCUT2D eigenvalue weighted by molar-refractivity contribution is 14.1. The summed E-state index contributed by atoms with van der Waals surface area (Å²) in [5, 5.41) is 14.8. The van der Waals surface area contributed by atoms with E-state index >= 15 is 0 Å². The summed E-state index contributed by atoms with van der Waals surface area (Å²) in [6.07, 6.45) is 1.57. The Morgan fingerprint density at radius 3 is 2.52 bits per heavy atom. The van der Waals surface area contributed by atoms with Crippen molar-refractivity contribution in [2.24, 2.45) is 5.16 Å². The van der Waals surface area contributed by atoms with Gasteiger partial charge < -0.3 is 14.3 Å². The first-order chi connectivity index (χ1) is 15.1. The van der Waals surface area contributed by atoms with Gasteiger partial charge in [0, 0.05) is 17.7 Å². The van der Waals surface area contributed by atoms with Crippen LogP contribution in [0.25, 0.3) is 0 Å². The molecule has 3 aromatic carbocycles. The van der Waals surface area contributed by atoms with Crippen molar-refractivity contribution in [2.75, 3.05) is 6.61 Å². The quantitative estimate of drug-likeness (QED) is 0.144. The average Bonchev–Trinajstić information content (AvgIpc) is 2.77. The summed E-state index contributed by atoms with van der Waals surface area (Å²) in [5.41, 5.74) is 2.55. The van der Waals surface area contributed by atoms with E-state index in [2.05, 4.69) is 27.7 Å². The summed E-state index contributed by atoms with van der Waals surface area (Å²) in [4.78, 5) is 15.7. The van der Waals surface area contributed by atoms with Crippen molar-refractivity contribution < 1.29 is 19.2 Å². The van der Waals surface area contributed by atoms with E-state index in [1.807, 2.05) is 49.4 Å². The Morgan fingerprint density at radius 1 is 1.00 bits per heavy atom. The van der Waals surface area contributed by atoms with Gasteiger partial charge in [-0.3, -0.25) is 10.1 Å². The van der Waals surface area contributed by atoms with Crippen LogP contribution in [0.1, 0.15) is 23.6 Å². The fraction of sp³-hybridized carbons (Fsp3) is 0.174. The van der Waals surface area contributed by atoms with Crippen LogP contribution in [0.3, 0.4) is 0 Å². The molecule has 0 spiro atoms. The highest BCUT2D eigenvalue weighted by atomic mass is 127. The topological polar surface area (TPSA) is 83.2 Å². The molecule has 3 rings (SSSR count). The van der Waals surface area contributed by atoms with Gasteiger partial charge in [-0.05, 0) is 52.8 Å². The molecule has 0 aliphatic heterocycles. The van der Waals surface area contributed by atoms with Crippen LogP contribution in [0.2, 0.25) is 0 Å². The van der Waals surface area contributed by atoms with Crippen molar-refractivity contribution in [3.05, 3.63) is 97.1 Å². The molecule has 0 aromatic heterocycles. The van der Waals surface area contributed by atoms with Gasteiger partial charge in [-0.2, -0.15) is 0 Å². The minimum atomic E-state index is -0.439. The largest absolute Gasteiger partial charge is 0.490 e. The van der Waals surface area contributed by atoms with E-state index in [1.54, 1.807) is 18.3 Å². The number of nitrogens with zero attached hydrogens (tertiary/aromatic N) is 2. The molecule has 0 unspecified atom stereocenters. The molecular weight excluding hydrogens is 511 g/mol. The van der Waals surface area contributed by atoms with Crippen LogP contribution in [0.15, 0.2) is 71.9 Å².